The van der Waals surface area contributed by atoms with Crippen LogP contribution >= 0.6 is 0 Å². The van der Waals surface area contributed by atoms with Crippen LogP contribution in [0, 0.1) is 17.8 Å². The highest BCUT2D eigenvalue weighted by Crippen LogP contribution is 2.39. The van der Waals surface area contributed by atoms with E-state index in [1.54, 1.807) is 12.0 Å². The summed E-state index contributed by atoms with van der Waals surface area (Å²) in [5.41, 5.74) is 0. The molecule has 0 aliphatic heterocycles. The molecule has 116 valence electrons. The second-order valence-corrected chi connectivity index (χ2v) is 5.92. The SMILES string of the molecule is CCC1C[C@H](C(=O)N(CCOC)C(C)C)[C@H](C(=O)O)C1. The zero-order chi connectivity index (χ0) is 15.3. The molecule has 0 radical (unpaired) electrons. The lowest BCUT2D eigenvalue weighted by atomic mass is 9.94. The lowest BCUT2D eigenvalue weighted by Gasteiger charge is -2.30. The Bertz CT molecular complexity index is 343. The maximum absolute atomic E-state index is 12.7. The van der Waals surface area contributed by atoms with Gasteiger partial charge in [-0.3, -0.25) is 9.59 Å². The Morgan fingerprint density at radius 2 is 1.90 bits per heavy atom. The monoisotopic (exact) mass is 285 g/mol. The number of ether oxygens (including phenoxy) is 1. The summed E-state index contributed by atoms with van der Waals surface area (Å²) in [4.78, 5) is 25.8. The maximum atomic E-state index is 12.7. The minimum atomic E-state index is -0.838. The number of rotatable bonds is 7. The first-order valence-electron chi connectivity index (χ1n) is 7.44. The summed E-state index contributed by atoms with van der Waals surface area (Å²) in [7, 11) is 1.60. The number of carbonyl (C=O) groups is 2. The van der Waals surface area contributed by atoms with Gasteiger partial charge in [-0.2, -0.15) is 0 Å². The minimum Gasteiger partial charge on any atom is -0.481 e. The van der Waals surface area contributed by atoms with Gasteiger partial charge in [-0.25, -0.2) is 0 Å². The quantitative estimate of drug-likeness (QED) is 0.777. The van der Waals surface area contributed by atoms with Gasteiger partial charge in [0.05, 0.1) is 18.4 Å². The van der Waals surface area contributed by atoms with Crippen molar-refractivity contribution in [1.82, 2.24) is 4.90 Å². The minimum absolute atomic E-state index is 0.0274. The highest BCUT2D eigenvalue weighted by Gasteiger charge is 2.43. The number of carbonyl (C=O) groups excluding carboxylic acids is 1. The smallest absolute Gasteiger partial charge is 0.307 e. The molecule has 1 amide bonds. The summed E-state index contributed by atoms with van der Waals surface area (Å²) in [5, 5.41) is 9.35. The first kappa shape index (κ1) is 17.0. The molecule has 0 heterocycles. The number of carboxylic acid groups (broad SMARTS) is 1. The van der Waals surface area contributed by atoms with Crippen LogP contribution < -0.4 is 0 Å². The fourth-order valence-electron chi connectivity index (χ4n) is 3.05. The number of carboxylic acids is 1. The summed E-state index contributed by atoms with van der Waals surface area (Å²) >= 11 is 0. The van der Waals surface area contributed by atoms with Gasteiger partial charge < -0.3 is 14.7 Å². The molecule has 0 aromatic carbocycles. The Hall–Kier alpha value is -1.10. The zero-order valence-corrected chi connectivity index (χ0v) is 13.0. The summed E-state index contributed by atoms with van der Waals surface area (Å²) in [5.74, 6) is -1.43. The van der Waals surface area contributed by atoms with E-state index in [1.807, 2.05) is 13.8 Å². The maximum Gasteiger partial charge on any atom is 0.307 e. The summed E-state index contributed by atoms with van der Waals surface area (Å²) in [6.45, 7) is 6.96. The molecule has 0 bridgehead atoms. The van der Waals surface area contributed by atoms with E-state index in [0.717, 1.165) is 6.42 Å². The van der Waals surface area contributed by atoms with Gasteiger partial charge in [0.2, 0.25) is 5.91 Å². The molecule has 1 aliphatic carbocycles. The van der Waals surface area contributed by atoms with E-state index in [-0.39, 0.29) is 17.9 Å². The number of hydrogen-bond acceptors (Lipinski definition) is 3. The molecular formula is C15H27NO4. The van der Waals surface area contributed by atoms with Crippen LogP contribution in [0.5, 0.6) is 0 Å². The second-order valence-electron chi connectivity index (χ2n) is 5.92. The normalized spacial score (nSPS) is 25.9. The molecule has 3 atom stereocenters. The molecule has 1 saturated carbocycles. The van der Waals surface area contributed by atoms with Crippen molar-refractivity contribution >= 4 is 11.9 Å². The molecule has 20 heavy (non-hydrogen) atoms. The van der Waals surface area contributed by atoms with Crippen LogP contribution in [0.25, 0.3) is 0 Å². The Kier molecular flexibility index (Phi) is 6.46. The summed E-state index contributed by atoms with van der Waals surface area (Å²) < 4.78 is 5.04. The van der Waals surface area contributed by atoms with E-state index in [9.17, 15) is 14.7 Å². The van der Waals surface area contributed by atoms with Crippen molar-refractivity contribution in [2.75, 3.05) is 20.3 Å². The van der Waals surface area contributed by atoms with Crippen molar-refractivity contribution in [3.63, 3.8) is 0 Å². The van der Waals surface area contributed by atoms with Crippen LogP contribution in [0.4, 0.5) is 0 Å². The molecule has 1 unspecified atom stereocenters. The Morgan fingerprint density at radius 3 is 2.35 bits per heavy atom. The van der Waals surface area contributed by atoms with Crippen LogP contribution in [0.1, 0.15) is 40.0 Å². The van der Waals surface area contributed by atoms with E-state index < -0.39 is 11.9 Å². The number of amides is 1. The van der Waals surface area contributed by atoms with Gasteiger partial charge in [-0.1, -0.05) is 13.3 Å². The van der Waals surface area contributed by atoms with Crippen LogP contribution in [0.3, 0.4) is 0 Å². The third-order valence-electron chi connectivity index (χ3n) is 4.31. The number of hydrogen-bond donors (Lipinski definition) is 1. The molecular weight excluding hydrogens is 258 g/mol. The molecule has 1 fully saturated rings. The van der Waals surface area contributed by atoms with Crippen molar-refractivity contribution < 1.29 is 19.4 Å². The third-order valence-corrected chi connectivity index (χ3v) is 4.31. The zero-order valence-electron chi connectivity index (χ0n) is 13.0. The molecule has 5 heteroatoms. The number of aliphatic carboxylic acids is 1. The molecule has 0 aromatic rings. The Balaban J connectivity index is 2.82. The lowest BCUT2D eigenvalue weighted by molar-refractivity contribution is -0.150. The Morgan fingerprint density at radius 1 is 1.30 bits per heavy atom. The highest BCUT2D eigenvalue weighted by molar-refractivity contribution is 5.85. The van der Waals surface area contributed by atoms with E-state index in [0.29, 0.717) is 31.9 Å². The van der Waals surface area contributed by atoms with Crippen LogP contribution in [0.15, 0.2) is 0 Å². The summed E-state index contributed by atoms with van der Waals surface area (Å²) in [6.07, 6.45) is 2.26. The molecule has 5 nitrogen and oxygen atoms in total. The molecule has 0 spiro atoms. The molecule has 0 aromatic heterocycles. The first-order valence-corrected chi connectivity index (χ1v) is 7.44. The van der Waals surface area contributed by atoms with Crippen molar-refractivity contribution in [2.45, 2.75) is 46.1 Å². The van der Waals surface area contributed by atoms with Crippen molar-refractivity contribution in [2.24, 2.45) is 17.8 Å². The second kappa shape index (κ2) is 7.62. The number of nitrogens with zero attached hydrogens (tertiary/aromatic N) is 1. The van der Waals surface area contributed by atoms with Gasteiger partial charge in [0.25, 0.3) is 0 Å². The lowest BCUT2D eigenvalue weighted by Crippen LogP contribution is -2.44. The highest BCUT2D eigenvalue weighted by atomic mass is 16.5. The van der Waals surface area contributed by atoms with Gasteiger partial charge >= 0.3 is 5.97 Å². The largest absolute Gasteiger partial charge is 0.481 e. The average Bonchev–Trinajstić information content (AvgIpc) is 2.82. The molecule has 1 aliphatic rings. The van der Waals surface area contributed by atoms with Crippen molar-refractivity contribution in [3.05, 3.63) is 0 Å². The van der Waals surface area contributed by atoms with E-state index >= 15 is 0 Å². The summed E-state index contributed by atoms with van der Waals surface area (Å²) in [6, 6.07) is 0.0628. The predicted octanol–water partition coefficient (Wildman–Crippen LogP) is 2.01. The Labute approximate surface area is 121 Å². The molecule has 1 N–H and O–H groups in total. The van der Waals surface area contributed by atoms with E-state index in [1.165, 1.54) is 0 Å². The molecule has 1 rings (SSSR count). The van der Waals surface area contributed by atoms with Gasteiger partial charge in [0.15, 0.2) is 0 Å². The fraction of sp³-hybridized carbons (Fsp3) is 0.867. The van der Waals surface area contributed by atoms with Gasteiger partial charge in [-0.05, 0) is 32.6 Å². The standard InChI is InChI=1S/C15H27NO4/c1-5-11-8-12(13(9-11)15(18)19)14(17)16(10(2)3)6-7-20-4/h10-13H,5-9H2,1-4H3,(H,18,19)/t11?,12-,13+/m0/s1. The first-order chi connectivity index (χ1) is 9.42. The van der Waals surface area contributed by atoms with Gasteiger partial charge in [0, 0.05) is 19.7 Å². The van der Waals surface area contributed by atoms with Crippen LogP contribution in [-0.2, 0) is 14.3 Å². The average molecular weight is 285 g/mol. The van der Waals surface area contributed by atoms with Crippen LogP contribution in [-0.4, -0.2) is 48.2 Å². The topological polar surface area (TPSA) is 66.8 Å². The van der Waals surface area contributed by atoms with Gasteiger partial charge in [0.1, 0.15) is 0 Å². The van der Waals surface area contributed by atoms with Gasteiger partial charge in [-0.15, -0.1) is 0 Å². The van der Waals surface area contributed by atoms with Crippen LogP contribution in [0.2, 0.25) is 0 Å². The third kappa shape index (κ3) is 3.95. The van der Waals surface area contributed by atoms with Crippen molar-refractivity contribution in [1.29, 1.82) is 0 Å². The van der Waals surface area contributed by atoms with E-state index in [4.69, 9.17) is 4.74 Å². The molecule has 0 saturated heterocycles. The predicted molar refractivity (Wildman–Crippen MR) is 76.4 cm³/mol. The number of methoxy groups -OCH3 is 1. The van der Waals surface area contributed by atoms with Crippen molar-refractivity contribution in [3.8, 4) is 0 Å². The van der Waals surface area contributed by atoms with E-state index in [2.05, 4.69) is 6.92 Å². The fourth-order valence-corrected chi connectivity index (χ4v) is 3.05.